The predicted octanol–water partition coefficient (Wildman–Crippen LogP) is 1.71. The van der Waals surface area contributed by atoms with Crippen molar-refractivity contribution in [3.8, 4) is 5.75 Å². The molecule has 2 aliphatic rings. The minimum atomic E-state index is -2.79. The molecule has 0 bridgehead atoms. The van der Waals surface area contributed by atoms with Crippen molar-refractivity contribution in [2.24, 2.45) is 5.92 Å². The summed E-state index contributed by atoms with van der Waals surface area (Å²) in [7, 11) is -0.847. The molecular formula is C15H21NO3S. The van der Waals surface area contributed by atoms with Gasteiger partial charge in [-0.3, -0.25) is 0 Å². The van der Waals surface area contributed by atoms with E-state index in [-0.39, 0.29) is 12.0 Å². The van der Waals surface area contributed by atoms with Gasteiger partial charge in [-0.15, -0.1) is 0 Å². The van der Waals surface area contributed by atoms with E-state index in [0.717, 1.165) is 31.6 Å². The zero-order chi connectivity index (χ0) is 14.2. The van der Waals surface area contributed by atoms with Gasteiger partial charge < -0.3 is 10.1 Å². The van der Waals surface area contributed by atoms with Crippen molar-refractivity contribution < 1.29 is 13.2 Å². The molecule has 0 saturated carbocycles. The third kappa shape index (κ3) is 2.83. The van der Waals surface area contributed by atoms with Gasteiger partial charge in [0.2, 0.25) is 0 Å². The topological polar surface area (TPSA) is 55.4 Å². The Morgan fingerprint density at radius 3 is 3.00 bits per heavy atom. The first kappa shape index (κ1) is 13.9. The van der Waals surface area contributed by atoms with Crippen LogP contribution in [0.5, 0.6) is 5.75 Å². The van der Waals surface area contributed by atoms with E-state index < -0.39 is 9.84 Å². The quantitative estimate of drug-likeness (QED) is 0.919. The molecule has 2 heterocycles. The molecule has 3 rings (SSSR count). The summed E-state index contributed by atoms with van der Waals surface area (Å²) in [4.78, 5) is 0. The largest absolute Gasteiger partial charge is 0.493 e. The van der Waals surface area contributed by atoms with E-state index in [1.165, 1.54) is 11.1 Å². The monoisotopic (exact) mass is 295 g/mol. The first-order valence-corrected chi connectivity index (χ1v) is 9.03. The van der Waals surface area contributed by atoms with Gasteiger partial charge in [-0.25, -0.2) is 8.42 Å². The molecule has 1 saturated heterocycles. The van der Waals surface area contributed by atoms with Crippen LogP contribution < -0.4 is 10.1 Å². The van der Waals surface area contributed by atoms with Crippen molar-refractivity contribution in [2.45, 2.75) is 25.3 Å². The number of benzene rings is 1. The van der Waals surface area contributed by atoms with Gasteiger partial charge in [0.1, 0.15) is 5.75 Å². The van der Waals surface area contributed by atoms with Crippen LogP contribution in [0.2, 0.25) is 0 Å². The highest BCUT2D eigenvalue weighted by atomic mass is 32.2. The number of ether oxygens (including phenoxy) is 1. The number of sulfone groups is 1. The normalized spacial score (nSPS) is 25.1. The Kier molecular flexibility index (Phi) is 3.73. The second kappa shape index (κ2) is 5.37. The maximum absolute atomic E-state index is 11.6. The number of hydrogen-bond acceptors (Lipinski definition) is 4. The Morgan fingerprint density at radius 1 is 1.45 bits per heavy atom. The highest BCUT2D eigenvalue weighted by Crippen LogP contribution is 2.32. The summed E-state index contributed by atoms with van der Waals surface area (Å²) >= 11 is 0. The molecule has 110 valence electrons. The lowest BCUT2D eigenvalue weighted by Crippen LogP contribution is -2.20. The van der Waals surface area contributed by atoms with Crippen LogP contribution in [0.15, 0.2) is 18.2 Å². The maximum atomic E-state index is 11.6. The Morgan fingerprint density at radius 2 is 2.30 bits per heavy atom. The van der Waals surface area contributed by atoms with Gasteiger partial charge in [0.15, 0.2) is 9.84 Å². The summed E-state index contributed by atoms with van der Waals surface area (Å²) in [6, 6.07) is 6.55. The number of nitrogens with one attached hydrogen (secondary N) is 1. The number of hydrogen-bond donors (Lipinski definition) is 1. The summed E-state index contributed by atoms with van der Waals surface area (Å²) in [5.41, 5.74) is 2.50. The SMILES string of the molecule is CNC(CC1CCS(=O)(=O)C1)c1ccc2c(c1)CCO2. The molecule has 0 aliphatic carbocycles. The molecule has 1 aromatic carbocycles. The fourth-order valence-corrected chi connectivity index (χ4v) is 5.12. The van der Waals surface area contributed by atoms with Crippen LogP contribution in [-0.4, -0.2) is 33.6 Å². The summed E-state index contributed by atoms with van der Waals surface area (Å²) in [5, 5.41) is 3.33. The van der Waals surface area contributed by atoms with Gasteiger partial charge in [-0.2, -0.15) is 0 Å². The zero-order valence-electron chi connectivity index (χ0n) is 11.8. The first-order valence-electron chi connectivity index (χ1n) is 7.21. The highest BCUT2D eigenvalue weighted by molar-refractivity contribution is 7.91. The number of rotatable bonds is 4. The number of fused-ring (bicyclic) bond motifs is 1. The second-order valence-electron chi connectivity index (χ2n) is 5.81. The average Bonchev–Trinajstić information content (AvgIpc) is 3.01. The molecule has 4 nitrogen and oxygen atoms in total. The van der Waals surface area contributed by atoms with Crippen LogP contribution in [-0.2, 0) is 16.3 Å². The third-order valence-electron chi connectivity index (χ3n) is 4.36. The van der Waals surface area contributed by atoms with E-state index in [1.54, 1.807) is 0 Å². The van der Waals surface area contributed by atoms with Crippen LogP contribution in [0.1, 0.15) is 30.0 Å². The average molecular weight is 295 g/mol. The third-order valence-corrected chi connectivity index (χ3v) is 6.20. The fourth-order valence-electron chi connectivity index (χ4n) is 3.24. The van der Waals surface area contributed by atoms with Crippen molar-refractivity contribution in [1.29, 1.82) is 0 Å². The lowest BCUT2D eigenvalue weighted by molar-refractivity contribution is 0.356. The van der Waals surface area contributed by atoms with Gasteiger partial charge in [0.25, 0.3) is 0 Å². The minimum Gasteiger partial charge on any atom is -0.493 e. The summed E-state index contributed by atoms with van der Waals surface area (Å²) in [6.45, 7) is 0.768. The molecule has 0 radical (unpaired) electrons. The molecule has 1 N–H and O–H groups in total. The Balaban J connectivity index is 1.73. The van der Waals surface area contributed by atoms with Crippen LogP contribution in [0.3, 0.4) is 0 Å². The lowest BCUT2D eigenvalue weighted by Gasteiger charge is -2.20. The first-order chi connectivity index (χ1) is 9.57. The molecule has 0 aromatic heterocycles. The Labute approximate surface area is 120 Å². The summed E-state index contributed by atoms with van der Waals surface area (Å²) < 4.78 is 28.7. The highest BCUT2D eigenvalue weighted by Gasteiger charge is 2.30. The van der Waals surface area contributed by atoms with E-state index in [4.69, 9.17) is 4.74 Å². The van der Waals surface area contributed by atoms with E-state index >= 15 is 0 Å². The van der Waals surface area contributed by atoms with Crippen molar-refractivity contribution in [3.63, 3.8) is 0 Å². The lowest BCUT2D eigenvalue weighted by atomic mass is 9.93. The maximum Gasteiger partial charge on any atom is 0.150 e. The van der Waals surface area contributed by atoms with Gasteiger partial charge in [0.05, 0.1) is 18.1 Å². The van der Waals surface area contributed by atoms with Gasteiger partial charge in [0, 0.05) is 12.5 Å². The van der Waals surface area contributed by atoms with E-state index in [9.17, 15) is 8.42 Å². The molecule has 5 heteroatoms. The second-order valence-corrected chi connectivity index (χ2v) is 8.04. The smallest absolute Gasteiger partial charge is 0.150 e. The Bertz CT molecular complexity index is 597. The van der Waals surface area contributed by atoms with E-state index in [0.29, 0.717) is 11.5 Å². The fraction of sp³-hybridized carbons (Fsp3) is 0.600. The van der Waals surface area contributed by atoms with Crippen molar-refractivity contribution in [2.75, 3.05) is 25.2 Å². The van der Waals surface area contributed by atoms with Gasteiger partial charge in [-0.05, 0) is 43.0 Å². The van der Waals surface area contributed by atoms with Crippen molar-refractivity contribution in [3.05, 3.63) is 29.3 Å². The van der Waals surface area contributed by atoms with E-state index in [1.807, 2.05) is 13.1 Å². The van der Waals surface area contributed by atoms with Gasteiger partial charge >= 0.3 is 0 Å². The molecule has 0 amide bonds. The van der Waals surface area contributed by atoms with Crippen LogP contribution in [0, 0.1) is 5.92 Å². The molecule has 2 aliphatic heterocycles. The van der Waals surface area contributed by atoms with E-state index in [2.05, 4.69) is 17.4 Å². The zero-order valence-corrected chi connectivity index (χ0v) is 12.6. The summed E-state index contributed by atoms with van der Waals surface area (Å²) in [6.07, 6.45) is 2.65. The van der Waals surface area contributed by atoms with Gasteiger partial charge in [-0.1, -0.05) is 12.1 Å². The van der Waals surface area contributed by atoms with Crippen LogP contribution >= 0.6 is 0 Å². The Hall–Kier alpha value is -1.07. The molecule has 20 heavy (non-hydrogen) atoms. The standard InChI is InChI=1S/C15H21NO3S/c1-16-14(8-11-5-7-20(17,18)10-11)12-2-3-15-13(9-12)4-6-19-15/h2-3,9,11,14,16H,4-8,10H2,1H3. The molecule has 2 unspecified atom stereocenters. The van der Waals surface area contributed by atoms with Crippen molar-refractivity contribution >= 4 is 9.84 Å². The molecule has 0 spiro atoms. The molecular weight excluding hydrogens is 274 g/mol. The predicted molar refractivity (Wildman–Crippen MR) is 78.8 cm³/mol. The van der Waals surface area contributed by atoms with Crippen LogP contribution in [0.4, 0.5) is 0 Å². The summed E-state index contributed by atoms with van der Waals surface area (Å²) in [5.74, 6) is 1.97. The molecule has 2 atom stereocenters. The molecule has 1 fully saturated rings. The van der Waals surface area contributed by atoms with Crippen LogP contribution in [0.25, 0.3) is 0 Å². The molecule has 1 aromatic rings. The van der Waals surface area contributed by atoms with Crippen molar-refractivity contribution in [1.82, 2.24) is 5.32 Å². The minimum absolute atomic E-state index is 0.221.